The zero-order valence-electron chi connectivity index (χ0n) is 16.5. The highest BCUT2D eigenvalue weighted by molar-refractivity contribution is 6.04. The Morgan fingerprint density at radius 2 is 1.77 bits per heavy atom. The van der Waals surface area contributed by atoms with Gasteiger partial charge in [-0.3, -0.25) is 4.79 Å². The number of hydrogen-bond donors (Lipinski definition) is 1. The minimum atomic E-state index is -0.908. The number of halogens is 2. The van der Waals surface area contributed by atoms with Gasteiger partial charge < -0.3 is 15.1 Å². The molecule has 1 aliphatic heterocycles. The van der Waals surface area contributed by atoms with Crippen LogP contribution in [0.1, 0.15) is 10.4 Å². The molecular formula is C22H21F2N5O. The quantitative estimate of drug-likeness (QED) is 0.716. The number of rotatable bonds is 4. The Bertz CT molecular complexity index is 1050. The van der Waals surface area contributed by atoms with Gasteiger partial charge in [-0.05, 0) is 43.4 Å². The van der Waals surface area contributed by atoms with Crippen LogP contribution in [0.5, 0.6) is 0 Å². The van der Waals surface area contributed by atoms with E-state index in [1.807, 2.05) is 18.2 Å². The smallest absolute Gasteiger partial charge is 0.258 e. The van der Waals surface area contributed by atoms with E-state index in [0.717, 1.165) is 49.7 Å². The maximum atomic E-state index is 13.8. The number of piperazine rings is 1. The molecular weight excluding hydrogens is 388 g/mol. The van der Waals surface area contributed by atoms with Crippen LogP contribution in [0.3, 0.4) is 0 Å². The summed E-state index contributed by atoms with van der Waals surface area (Å²) in [5.41, 5.74) is 1.69. The Balaban J connectivity index is 1.48. The number of carbonyl (C=O) groups excluding carboxylic acids is 1. The summed E-state index contributed by atoms with van der Waals surface area (Å²) in [6, 6.07) is 13.7. The fourth-order valence-electron chi connectivity index (χ4n) is 3.31. The Morgan fingerprint density at radius 3 is 2.47 bits per heavy atom. The molecule has 1 fully saturated rings. The van der Waals surface area contributed by atoms with Crippen molar-refractivity contribution in [2.24, 2.45) is 0 Å². The summed E-state index contributed by atoms with van der Waals surface area (Å²) in [5, 5.41) is 11.3. The molecule has 4 rings (SSSR count). The third kappa shape index (κ3) is 4.44. The summed E-state index contributed by atoms with van der Waals surface area (Å²) in [6.07, 6.45) is 0. The largest absolute Gasteiger partial charge is 0.353 e. The summed E-state index contributed by atoms with van der Waals surface area (Å²) in [6.45, 7) is 3.79. The normalized spacial score (nSPS) is 14.6. The van der Waals surface area contributed by atoms with Gasteiger partial charge in [-0.1, -0.05) is 12.1 Å². The fraction of sp³-hybridized carbons (Fsp3) is 0.227. The lowest BCUT2D eigenvalue weighted by Gasteiger charge is -2.32. The molecule has 8 heteroatoms. The van der Waals surface area contributed by atoms with E-state index in [4.69, 9.17) is 0 Å². The number of nitrogens with zero attached hydrogens (tertiary/aromatic N) is 4. The van der Waals surface area contributed by atoms with E-state index in [1.54, 1.807) is 18.2 Å². The molecule has 1 aliphatic rings. The highest BCUT2D eigenvalue weighted by Crippen LogP contribution is 2.23. The fourth-order valence-corrected chi connectivity index (χ4v) is 3.31. The Kier molecular flexibility index (Phi) is 5.67. The van der Waals surface area contributed by atoms with E-state index in [2.05, 4.69) is 32.4 Å². The molecule has 3 aromatic rings. The lowest BCUT2D eigenvalue weighted by Crippen LogP contribution is -2.44. The van der Waals surface area contributed by atoms with Crippen LogP contribution in [-0.2, 0) is 0 Å². The molecule has 1 N–H and O–H groups in total. The van der Waals surface area contributed by atoms with Crippen molar-refractivity contribution in [2.45, 2.75) is 0 Å². The van der Waals surface area contributed by atoms with Gasteiger partial charge in [0.2, 0.25) is 0 Å². The highest BCUT2D eigenvalue weighted by atomic mass is 19.1. The molecule has 0 spiro atoms. The van der Waals surface area contributed by atoms with E-state index < -0.39 is 17.5 Å². The maximum absolute atomic E-state index is 13.8. The molecule has 0 bridgehead atoms. The van der Waals surface area contributed by atoms with Crippen molar-refractivity contribution in [1.82, 2.24) is 15.1 Å². The van der Waals surface area contributed by atoms with Crippen LogP contribution < -0.4 is 10.2 Å². The summed E-state index contributed by atoms with van der Waals surface area (Å²) >= 11 is 0. The van der Waals surface area contributed by atoms with E-state index in [1.165, 1.54) is 0 Å². The first kappa shape index (κ1) is 19.9. The maximum Gasteiger partial charge on any atom is 0.258 e. The second kappa shape index (κ2) is 8.54. The van der Waals surface area contributed by atoms with Crippen LogP contribution in [0.15, 0.2) is 54.6 Å². The molecule has 1 amide bonds. The number of benzene rings is 2. The summed E-state index contributed by atoms with van der Waals surface area (Å²) in [4.78, 5) is 16.8. The number of carbonyl (C=O) groups is 1. The summed E-state index contributed by atoms with van der Waals surface area (Å²) in [7, 11) is 2.10. The van der Waals surface area contributed by atoms with Crippen LogP contribution in [0, 0.1) is 11.6 Å². The molecule has 154 valence electrons. The molecule has 1 aromatic heterocycles. The molecule has 6 nitrogen and oxygen atoms in total. The average Bonchev–Trinajstić information content (AvgIpc) is 2.74. The number of amides is 1. The summed E-state index contributed by atoms with van der Waals surface area (Å²) < 4.78 is 26.9. The first-order valence-electron chi connectivity index (χ1n) is 9.64. The Hall–Kier alpha value is -3.39. The van der Waals surface area contributed by atoms with Crippen molar-refractivity contribution < 1.29 is 13.6 Å². The molecule has 0 atom stereocenters. The van der Waals surface area contributed by atoms with E-state index in [0.29, 0.717) is 17.4 Å². The molecule has 0 aliphatic carbocycles. The molecule has 30 heavy (non-hydrogen) atoms. The van der Waals surface area contributed by atoms with Crippen LogP contribution in [0.2, 0.25) is 0 Å². The topological polar surface area (TPSA) is 61.4 Å². The first-order valence-corrected chi connectivity index (χ1v) is 9.64. The lowest BCUT2D eigenvalue weighted by atomic mass is 10.1. The van der Waals surface area contributed by atoms with Gasteiger partial charge in [-0.15, -0.1) is 10.2 Å². The van der Waals surface area contributed by atoms with Crippen LogP contribution in [0.25, 0.3) is 11.3 Å². The molecule has 1 saturated heterocycles. The van der Waals surface area contributed by atoms with Gasteiger partial charge in [0.25, 0.3) is 5.91 Å². The van der Waals surface area contributed by atoms with E-state index in [-0.39, 0.29) is 5.56 Å². The van der Waals surface area contributed by atoms with Gasteiger partial charge in [0.05, 0.1) is 11.3 Å². The third-order valence-corrected chi connectivity index (χ3v) is 5.07. The second-order valence-electron chi connectivity index (χ2n) is 7.23. The number of nitrogens with one attached hydrogen (secondary N) is 1. The number of anilines is 2. The van der Waals surface area contributed by atoms with Crippen molar-refractivity contribution in [1.29, 1.82) is 0 Å². The second-order valence-corrected chi connectivity index (χ2v) is 7.23. The SMILES string of the molecule is CN1CCN(c2ccc(-c3cccc(NC(=O)c4ccc(F)cc4F)c3)nn2)CC1. The van der Waals surface area contributed by atoms with E-state index in [9.17, 15) is 13.6 Å². The van der Waals surface area contributed by atoms with Crippen molar-refractivity contribution in [3.05, 3.63) is 71.8 Å². The zero-order valence-corrected chi connectivity index (χ0v) is 16.5. The van der Waals surface area contributed by atoms with Gasteiger partial charge in [0.15, 0.2) is 5.82 Å². The number of hydrogen-bond acceptors (Lipinski definition) is 5. The Labute approximate surface area is 173 Å². The standard InChI is InChI=1S/C22H21F2N5O/c1-28-9-11-29(12-10-28)21-8-7-20(26-27-21)15-3-2-4-17(13-15)25-22(30)18-6-5-16(23)14-19(18)24/h2-8,13-14H,9-12H2,1H3,(H,25,30). The van der Waals surface area contributed by atoms with Crippen molar-refractivity contribution in [2.75, 3.05) is 43.4 Å². The number of likely N-dealkylation sites (N-methyl/N-ethyl adjacent to an activating group) is 1. The van der Waals surface area contributed by atoms with Gasteiger partial charge in [0.1, 0.15) is 11.6 Å². The van der Waals surface area contributed by atoms with Crippen molar-refractivity contribution in [3.63, 3.8) is 0 Å². The van der Waals surface area contributed by atoms with Crippen molar-refractivity contribution in [3.8, 4) is 11.3 Å². The highest BCUT2D eigenvalue weighted by Gasteiger charge is 2.16. The molecule has 0 unspecified atom stereocenters. The zero-order chi connectivity index (χ0) is 21.1. The van der Waals surface area contributed by atoms with Gasteiger partial charge in [-0.2, -0.15) is 0 Å². The predicted molar refractivity (Wildman–Crippen MR) is 111 cm³/mol. The van der Waals surface area contributed by atoms with Gasteiger partial charge >= 0.3 is 0 Å². The molecule has 0 saturated carbocycles. The monoisotopic (exact) mass is 409 g/mol. The number of aromatic nitrogens is 2. The molecule has 2 aromatic carbocycles. The summed E-state index contributed by atoms with van der Waals surface area (Å²) in [5.74, 6) is -1.46. The van der Waals surface area contributed by atoms with Gasteiger partial charge in [-0.25, -0.2) is 8.78 Å². The molecule has 0 radical (unpaired) electrons. The third-order valence-electron chi connectivity index (χ3n) is 5.07. The predicted octanol–water partition coefficient (Wildman–Crippen LogP) is 3.43. The first-order chi connectivity index (χ1) is 14.5. The minimum Gasteiger partial charge on any atom is -0.353 e. The average molecular weight is 409 g/mol. The lowest BCUT2D eigenvalue weighted by molar-refractivity contribution is 0.102. The van der Waals surface area contributed by atoms with Crippen molar-refractivity contribution >= 4 is 17.4 Å². The van der Waals surface area contributed by atoms with Gasteiger partial charge in [0, 0.05) is 43.5 Å². The van der Waals surface area contributed by atoms with Crippen LogP contribution in [-0.4, -0.2) is 54.2 Å². The minimum absolute atomic E-state index is 0.224. The van der Waals surface area contributed by atoms with E-state index >= 15 is 0 Å². The van der Waals surface area contributed by atoms with Crippen LogP contribution in [0.4, 0.5) is 20.3 Å². The Morgan fingerprint density at radius 1 is 0.967 bits per heavy atom. The molecule has 2 heterocycles. The van der Waals surface area contributed by atoms with Crippen LogP contribution >= 0.6 is 0 Å².